The molecular weight excluding hydrogens is 304 g/mol. The molecule has 1 atom stereocenters. The lowest BCUT2D eigenvalue weighted by Crippen LogP contribution is -2.37. The SMILES string of the molecule is [O-]c1on[n+](-c2ccccc2)c1CC(O)c1ccc(Cl)cc1. The molecule has 5 nitrogen and oxygen atoms in total. The minimum Gasteiger partial charge on any atom is -0.539 e. The Hall–Kier alpha value is -2.37. The maximum absolute atomic E-state index is 11.9. The number of nitrogens with zero attached hydrogens (tertiary/aromatic N) is 2. The van der Waals surface area contributed by atoms with E-state index in [-0.39, 0.29) is 12.1 Å². The number of benzene rings is 2. The molecule has 0 saturated heterocycles. The minimum atomic E-state index is -0.848. The van der Waals surface area contributed by atoms with Crippen molar-refractivity contribution in [1.29, 1.82) is 0 Å². The zero-order valence-electron chi connectivity index (χ0n) is 11.5. The molecule has 0 fully saturated rings. The van der Waals surface area contributed by atoms with E-state index in [0.29, 0.717) is 16.3 Å². The Morgan fingerprint density at radius 1 is 1.14 bits per heavy atom. The molecule has 1 N–H and O–H groups in total. The van der Waals surface area contributed by atoms with Crippen LogP contribution in [0.4, 0.5) is 0 Å². The van der Waals surface area contributed by atoms with Crippen LogP contribution in [0.2, 0.25) is 5.02 Å². The zero-order valence-corrected chi connectivity index (χ0v) is 12.3. The van der Waals surface area contributed by atoms with Crippen molar-refractivity contribution in [3.05, 3.63) is 70.9 Å². The lowest BCUT2D eigenvalue weighted by atomic mass is 10.1. The summed E-state index contributed by atoms with van der Waals surface area (Å²) in [5.74, 6) is -0.558. The number of para-hydroxylation sites is 1. The highest BCUT2D eigenvalue weighted by molar-refractivity contribution is 6.30. The van der Waals surface area contributed by atoms with Crippen LogP contribution in [-0.2, 0) is 6.42 Å². The fourth-order valence-corrected chi connectivity index (χ4v) is 2.32. The standard InChI is InChI=1S/C16H13ClN2O3/c17-12-8-6-11(7-9-12)15(20)10-14-16(21)22-18-19(14)13-4-2-1-3-5-13/h1-9,15,20H,10H2. The predicted molar refractivity (Wildman–Crippen MR) is 77.6 cm³/mol. The molecule has 22 heavy (non-hydrogen) atoms. The van der Waals surface area contributed by atoms with Gasteiger partial charge < -0.3 is 14.7 Å². The largest absolute Gasteiger partial charge is 0.539 e. The van der Waals surface area contributed by atoms with Crippen LogP contribution in [0.5, 0.6) is 5.95 Å². The molecule has 6 heteroatoms. The van der Waals surface area contributed by atoms with Gasteiger partial charge in [-0.25, -0.2) is 0 Å². The van der Waals surface area contributed by atoms with E-state index in [0.717, 1.165) is 0 Å². The quantitative estimate of drug-likeness (QED) is 0.747. The van der Waals surface area contributed by atoms with Gasteiger partial charge in [-0.3, -0.25) is 0 Å². The van der Waals surface area contributed by atoms with Crippen LogP contribution in [0.25, 0.3) is 5.69 Å². The molecule has 0 aliphatic rings. The second kappa shape index (κ2) is 6.17. The van der Waals surface area contributed by atoms with Gasteiger partial charge in [0.15, 0.2) is 5.95 Å². The van der Waals surface area contributed by atoms with Crippen molar-refractivity contribution < 1.29 is 19.4 Å². The fraction of sp³-hybridized carbons (Fsp3) is 0.125. The summed E-state index contributed by atoms with van der Waals surface area (Å²) in [5.41, 5.74) is 1.66. The van der Waals surface area contributed by atoms with Gasteiger partial charge in [0.25, 0.3) is 0 Å². The van der Waals surface area contributed by atoms with Gasteiger partial charge in [-0.2, -0.15) is 0 Å². The van der Waals surface area contributed by atoms with E-state index < -0.39 is 12.1 Å². The molecule has 3 aromatic rings. The van der Waals surface area contributed by atoms with Crippen molar-refractivity contribution in [2.24, 2.45) is 0 Å². The first-order valence-corrected chi connectivity index (χ1v) is 7.10. The molecule has 0 spiro atoms. The van der Waals surface area contributed by atoms with E-state index in [4.69, 9.17) is 16.1 Å². The highest BCUT2D eigenvalue weighted by Gasteiger charge is 2.23. The van der Waals surface area contributed by atoms with E-state index in [9.17, 15) is 10.2 Å². The lowest BCUT2D eigenvalue weighted by Gasteiger charge is -2.09. The first kappa shape index (κ1) is 14.6. The van der Waals surface area contributed by atoms with Gasteiger partial charge in [0.1, 0.15) is 0 Å². The number of hydrogen-bond acceptors (Lipinski definition) is 4. The third kappa shape index (κ3) is 2.95. The smallest absolute Gasteiger partial charge is 0.243 e. The molecule has 3 rings (SSSR count). The fourth-order valence-electron chi connectivity index (χ4n) is 2.19. The highest BCUT2D eigenvalue weighted by atomic mass is 35.5. The van der Waals surface area contributed by atoms with Crippen LogP contribution in [0.3, 0.4) is 0 Å². The Balaban J connectivity index is 1.89. The van der Waals surface area contributed by atoms with E-state index in [1.165, 1.54) is 4.68 Å². The topological polar surface area (TPSA) is 73.2 Å². The summed E-state index contributed by atoms with van der Waals surface area (Å²) in [5, 5.41) is 26.5. The number of halogens is 1. The first-order valence-electron chi connectivity index (χ1n) is 6.72. The number of rotatable bonds is 4. The Morgan fingerprint density at radius 3 is 2.50 bits per heavy atom. The predicted octanol–water partition coefficient (Wildman–Crippen LogP) is 1.95. The lowest BCUT2D eigenvalue weighted by molar-refractivity contribution is -0.678. The normalized spacial score (nSPS) is 12.3. The summed E-state index contributed by atoms with van der Waals surface area (Å²) in [7, 11) is 0. The second-order valence-electron chi connectivity index (χ2n) is 4.83. The molecule has 1 heterocycles. The molecule has 112 valence electrons. The van der Waals surface area contributed by atoms with E-state index in [1.54, 1.807) is 36.4 Å². The molecule has 0 aliphatic heterocycles. The molecular formula is C16H13ClN2O3. The van der Waals surface area contributed by atoms with Crippen LogP contribution in [0.1, 0.15) is 17.4 Å². The van der Waals surface area contributed by atoms with Gasteiger partial charge in [-0.05, 0) is 22.4 Å². The van der Waals surface area contributed by atoms with Gasteiger partial charge in [0.05, 0.1) is 17.8 Å². The van der Waals surface area contributed by atoms with E-state index in [2.05, 4.69) is 5.27 Å². The molecule has 0 saturated carbocycles. The Bertz CT molecular complexity index is 757. The van der Waals surface area contributed by atoms with Gasteiger partial charge in [-0.1, -0.05) is 41.9 Å². The van der Waals surface area contributed by atoms with Crippen LogP contribution in [-0.4, -0.2) is 10.4 Å². The molecule has 0 bridgehead atoms. The van der Waals surface area contributed by atoms with Crippen LogP contribution in [0, 0.1) is 0 Å². The van der Waals surface area contributed by atoms with Crippen molar-refractivity contribution in [2.75, 3.05) is 0 Å². The third-order valence-electron chi connectivity index (χ3n) is 3.34. The van der Waals surface area contributed by atoms with Crippen LogP contribution < -0.4 is 9.79 Å². The average Bonchev–Trinajstić information content (AvgIpc) is 2.90. The minimum absolute atomic E-state index is 0.0961. The number of aliphatic hydroxyl groups is 1. The third-order valence-corrected chi connectivity index (χ3v) is 3.59. The number of aromatic nitrogens is 2. The van der Waals surface area contributed by atoms with Crippen molar-refractivity contribution >= 4 is 11.6 Å². The van der Waals surface area contributed by atoms with Gasteiger partial charge >= 0.3 is 0 Å². The van der Waals surface area contributed by atoms with Crippen molar-refractivity contribution in [3.8, 4) is 11.6 Å². The summed E-state index contributed by atoms with van der Waals surface area (Å²) in [6.07, 6.45) is -0.752. The number of hydrogen-bond donors (Lipinski definition) is 1. The zero-order chi connectivity index (χ0) is 15.5. The molecule has 2 aromatic carbocycles. The van der Waals surface area contributed by atoms with Crippen LogP contribution >= 0.6 is 11.6 Å². The second-order valence-corrected chi connectivity index (χ2v) is 5.26. The first-order chi connectivity index (χ1) is 10.6. The monoisotopic (exact) mass is 316 g/mol. The Morgan fingerprint density at radius 2 is 1.82 bits per heavy atom. The van der Waals surface area contributed by atoms with Gasteiger partial charge in [0.2, 0.25) is 11.4 Å². The van der Waals surface area contributed by atoms with Crippen molar-refractivity contribution in [2.45, 2.75) is 12.5 Å². The van der Waals surface area contributed by atoms with Crippen molar-refractivity contribution in [3.63, 3.8) is 0 Å². The highest BCUT2D eigenvalue weighted by Crippen LogP contribution is 2.22. The molecule has 0 radical (unpaired) electrons. The summed E-state index contributed by atoms with van der Waals surface area (Å²) in [6.45, 7) is 0. The average molecular weight is 317 g/mol. The maximum Gasteiger partial charge on any atom is 0.243 e. The van der Waals surface area contributed by atoms with E-state index in [1.807, 2.05) is 18.2 Å². The summed E-state index contributed by atoms with van der Waals surface area (Å²) >= 11 is 5.83. The molecule has 0 aliphatic carbocycles. The number of aliphatic hydroxyl groups excluding tert-OH is 1. The van der Waals surface area contributed by atoms with E-state index >= 15 is 0 Å². The summed E-state index contributed by atoms with van der Waals surface area (Å²) in [6, 6.07) is 16.0. The maximum atomic E-state index is 11.9. The summed E-state index contributed by atoms with van der Waals surface area (Å²) in [4.78, 5) is 0. The van der Waals surface area contributed by atoms with Gasteiger partial charge in [0, 0.05) is 17.2 Å². The Kier molecular flexibility index (Phi) is 4.09. The molecule has 1 aromatic heterocycles. The Labute approximate surface area is 132 Å². The van der Waals surface area contributed by atoms with Gasteiger partial charge in [-0.15, -0.1) is 0 Å². The summed E-state index contributed by atoms with van der Waals surface area (Å²) < 4.78 is 6.14. The molecule has 1 unspecified atom stereocenters. The molecule has 0 amide bonds. The van der Waals surface area contributed by atoms with Crippen LogP contribution in [0.15, 0.2) is 59.1 Å². The van der Waals surface area contributed by atoms with Crippen molar-refractivity contribution in [1.82, 2.24) is 5.27 Å².